The molecule has 16 atom stereocenters. The van der Waals surface area contributed by atoms with Crippen molar-refractivity contribution in [3.05, 3.63) is 29.8 Å². The molecule has 1 aromatic rings. The van der Waals surface area contributed by atoms with Crippen LogP contribution in [0.5, 0.6) is 5.75 Å². The van der Waals surface area contributed by atoms with Gasteiger partial charge in [-0.2, -0.15) is 0 Å². The predicted molar refractivity (Wildman–Crippen MR) is 307 cm³/mol. The number of amides is 7. The van der Waals surface area contributed by atoms with E-state index in [-0.39, 0.29) is 56.8 Å². The minimum absolute atomic E-state index is 0.0257. The van der Waals surface area contributed by atoms with Crippen LogP contribution in [-0.4, -0.2) is 226 Å². The molecule has 29 heteroatoms. The second-order valence-electron chi connectivity index (χ2n) is 22.3. The summed E-state index contributed by atoms with van der Waals surface area (Å²) in [6.45, 7) is 8.90. The Balaban J connectivity index is 0.00000289. The molecule has 85 heavy (non-hydrogen) atoms. The fourth-order valence-corrected chi connectivity index (χ4v) is 10.2. The summed E-state index contributed by atoms with van der Waals surface area (Å²) in [6, 6.07) is -6.40. The molecule has 20 N–H and O–H groups in total. The van der Waals surface area contributed by atoms with Crippen molar-refractivity contribution < 1.29 is 94.2 Å². The van der Waals surface area contributed by atoms with Gasteiger partial charge in [-0.05, 0) is 68.7 Å². The van der Waals surface area contributed by atoms with Gasteiger partial charge in [0, 0.05) is 59.3 Å². The zero-order chi connectivity index (χ0) is 64.2. The van der Waals surface area contributed by atoms with Crippen molar-refractivity contribution in [2.45, 2.75) is 217 Å². The molecule has 0 aliphatic carbocycles. The van der Waals surface area contributed by atoms with Gasteiger partial charge in [0.2, 0.25) is 41.4 Å². The van der Waals surface area contributed by atoms with E-state index in [2.05, 4.69) is 52.7 Å². The van der Waals surface area contributed by atoms with Crippen molar-refractivity contribution in [2.24, 2.45) is 23.3 Å². The van der Waals surface area contributed by atoms with Crippen molar-refractivity contribution in [3.8, 4) is 5.75 Å². The van der Waals surface area contributed by atoms with Crippen LogP contribution in [-0.2, 0) is 43.2 Å². The van der Waals surface area contributed by atoms with E-state index in [0.29, 0.717) is 24.7 Å². The second kappa shape index (κ2) is 38.1. The number of nitrogens with zero attached hydrogens (tertiary/aromatic N) is 2. The van der Waals surface area contributed by atoms with Gasteiger partial charge in [0.05, 0.1) is 30.5 Å². The Bertz CT molecular complexity index is 2270. The van der Waals surface area contributed by atoms with Gasteiger partial charge in [-0.15, -0.1) is 0 Å². The van der Waals surface area contributed by atoms with Gasteiger partial charge in [0.1, 0.15) is 60.4 Å². The molecule has 3 aliphatic heterocycles. The molecule has 3 fully saturated rings. The molecule has 16 unspecified atom stereocenters. The summed E-state index contributed by atoms with van der Waals surface area (Å²) in [5, 5.41) is 119. The Morgan fingerprint density at radius 3 is 1.82 bits per heavy atom. The SMILES string of the molecule is CC(=O)O.CC(=O)O.CCC(C)CC(C)CCCCCCCCC(=O)NC1CC(O)C(NCCN)NC(=O)C2C(O)CCN2C(=O)C(C(O)CCN)NC(=O)C(C(O)C(O)c2ccc(O)cc2)NC(=O)C2CC(O)CN2C(=O)C(C(C)O)NC1=O. The van der Waals surface area contributed by atoms with Crippen LogP contribution in [0.3, 0.4) is 0 Å². The van der Waals surface area contributed by atoms with E-state index in [1.54, 1.807) is 0 Å². The number of nitrogens with one attached hydrogen (secondary N) is 6. The highest BCUT2D eigenvalue weighted by molar-refractivity contribution is 5.98. The van der Waals surface area contributed by atoms with Crippen molar-refractivity contribution in [2.75, 3.05) is 32.7 Å². The number of carboxylic acid groups (broad SMARTS) is 2. The monoisotopic (exact) mass is 1210 g/mol. The van der Waals surface area contributed by atoms with Crippen LogP contribution < -0.4 is 43.4 Å². The van der Waals surface area contributed by atoms with E-state index < -0.39 is 158 Å². The standard InChI is InChI=1S/C52H88N10O15.2C2H4O2/c1-5-28(2)24-29(3)12-10-8-6-7-9-11-13-39(69)56-34-26-38(68)46(55-22-21-54)60-50(75)43-37(67)19-23-61(43)52(77)41(36(66)18-20-53)58-49(74)42(45(71)44(70)31-14-16-32(64)17-15-31)59-48(73)35-25-33(65)27-62(35)51(76)40(30(4)63)57-47(34)72;2*1-2(3)4/h14-17,28-30,33-38,40-46,55,63-68,70-71H,5-13,18-27,53-54H2,1-4H3,(H,56,69)(H,57,72)(H,58,74)(H,59,73)(H,60,75);2*1H3,(H,3,4). The molecule has 3 saturated heterocycles. The predicted octanol–water partition coefficient (Wildman–Crippen LogP) is -3.13. The molecule has 7 amide bonds. The van der Waals surface area contributed by atoms with Crippen LogP contribution in [0.25, 0.3) is 0 Å². The highest BCUT2D eigenvalue weighted by Crippen LogP contribution is 2.27. The number of phenols is 1. The van der Waals surface area contributed by atoms with Gasteiger partial charge in [-0.25, -0.2) is 0 Å². The summed E-state index contributed by atoms with van der Waals surface area (Å²) in [5.41, 5.74) is 11.5. The number of carboxylic acids is 2. The van der Waals surface area contributed by atoms with Crippen LogP contribution in [0.15, 0.2) is 24.3 Å². The fourth-order valence-electron chi connectivity index (χ4n) is 10.2. The molecule has 0 radical (unpaired) electrons. The third-order valence-corrected chi connectivity index (χ3v) is 14.9. The number of hydrogen-bond donors (Lipinski definition) is 18. The fraction of sp³-hybridized carbons (Fsp3) is 0.732. The zero-order valence-corrected chi connectivity index (χ0v) is 49.7. The molecule has 0 bridgehead atoms. The van der Waals surface area contributed by atoms with E-state index in [4.69, 9.17) is 31.3 Å². The summed E-state index contributed by atoms with van der Waals surface area (Å²) in [5.74, 6) is -8.10. The number of aliphatic hydroxyl groups excluding tert-OH is 7. The lowest BCUT2D eigenvalue weighted by Crippen LogP contribution is -2.65. The first-order valence-electron chi connectivity index (χ1n) is 29.2. The number of carbonyl (C=O) groups excluding carboxylic acids is 7. The van der Waals surface area contributed by atoms with E-state index in [0.717, 1.165) is 69.1 Å². The molecular weight excluding hydrogens is 1120 g/mol. The molecule has 3 aliphatic rings. The first-order valence-corrected chi connectivity index (χ1v) is 29.2. The third-order valence-electron chi connectivity index (χ3n) is 14.9. The highest BCUT2D eigenvalue weighted by Gasteiger charge is 2.49. The Labute approximate surface area is 496 Å². The van der Waals surface area contributed by atoms with E-state index in [1.807, 2.05) is 0 Å². The molecular formula is C56H96N10O19. The van der Waals surface area contributed by atoms with Gasteiger partial charge in [-0.1, -0.05) is 77.8 Å². The van der Waals surface area contributed by atoms with Crippen molar-refractivity contribution >= 4 is 53.3 Å². The maximum Gasteiger partial charge on any atom is 0.300 e. The summed E-state index contributed by atoms with van der Waals surface area (Å²) in [4.78, 5) is 120. The molecule has 484 valence electrons. The zero-order valence-electron chi connectivity index (χ0n) is 49.7. The number of rotatable bonds is 23. The Kier molecular flexibility index (Phi) is 33.6. The number of fused-ring (bicyclic) bond motifs is 2. The number of aromatic hydroxyl groups is 1. The van der Waals surface area contributed by atoms with Crippen LogP contribution in [0.2, 0.25) is 0 Å². The number of benzene rings is 1. The maximum absolute atomic E-state index is 14.6. The largest absolute Gasteiger partial charge is 0.508 e. The Morgan fingerprint density at radius 1 is 0.682 bits per heavy atom. The minimum atomic E-state index is -2.28. The quantitative estimate of drug-likeness (QED) is 0.0482. The summed E-state index contributed by atoms with van der Waals surface area (Å²) in [7, 11) is 0. The number of nitrogens with two attached hydrogens (primary N) is 2. The molecule has 29 nitrogen and oxygen atoms in total. The van der Waals surface area contributed by atoms with E-state index >= 15 is 0 Å². The summed E-state index contributed by atoms with van der Waals surface area (Å²) < 4.78 is 0. The Hall–Kier alpha value is -6.15. The van der Waals surface area contributed by atoms with Crippen molar-refractivity contribution in [1.82, 2.24) is 41.7 Å². The van der Waals surface area contributed by atoms with Gasteiger partial charge >= 0.3 is 0 Å². The first kappa shape index (κ1) is 74.9. The number of phenolic OH excluding ortho intramolecular Hbond substituents is 1. The molecule has 0 spiro atoms. The summed E-state index contributed by atoms with van der Waals surface area (Å²) in [6.07, 6.45) is -6.95. The van der Waals surface area contributed by atoms with Crippen LogP contribution in [0.4, 0.5) is 0 Å². The van der Waals surface area contributed by atoms with Gasteiger partial charge in [0.15, 0.2) is 0 Å². The normalized spacial score (nSPS) is 26.5. The maximum atomic E-state index is 14.6. The van der Waals surface area contributed by atoms with Crippen LogP contribution in [0.1, 0.15) is 143 Å². The minimum Gasteiger partial charge on any atom is -0.508 e. The number of unbranched alkanes of at least 4 members (excludes halogenated alkanes) is 5. The van der Waals surface area contributed by atoms with E-state index in [9.17, 15) is 74.4 Å². The number of aliphatic carboxylic acids is 2. The third kappa shape index (κ3) is 25.4. The van der Waals surface area contributed by atoms with Gasteiger partial charge in [-0.3, -0.25) is 48.5 Å². The molecule has 0 saturated carbocycles. The molecule has 1 aromatic carbocycles. The van der Waals surface area contributed by atoms with Crippen molar-refractivity contribution in [1.29, 1.82) is 0 Å². The van der Waals surface area contributed by atoms with Gasteiger partial charge in [0.25, 0.3) is 11.9 Å². The second-order valence-corrected chi connectivity index (χ2v) is 22.3. The molecule has 0 aromatic heterocycles. The van der Waals surface area contributed by atoms with E-state index in [1.165, 1.54) is 30.7 Å². The lowest BCUT2D eigenvalue weighted by Gasteiger charge is -2.35. The lowest BCUT2D eigenvalue weighted by molar-refractivity contribution is -0.148. The van der Waals surface area contributed by atoms with Crippen LogP contribution >= 0.6 is 0 Å². The number of carbonyl (C=O) groups is 9. The average molecular weight is 1210 g/mol. The number of hydrogen-bond acceptors (Lipinski definition) is 20. The molecule has 3 heterocycles. The topological polar surface area (TPSA) is 487 Å². The van der Waals surface area contributed by atoms with Crippen molar-refractivity contribution in [3.63, 3.8) is 0 Å². The lowest BCUT2D eigenvalue weighted by atomic mass is 9.91. The summed E-state index contributed by atoms with van der Waals surface area (Å²) >= 11 is 0. The smallest absolute Gasteiger partial charge is 0.300 e. The number of aliphatic hydroxyl groups is 7. The first-order chi connectivity index (χ1) is 40.0. The van der Waals surface area contributed by atoms with Gasteiger partial charge < -0.3 is 98.9 Å². The van der Waals surface area contributed by atoms with Crippen LogP contribution in [0, 0.1) is 11.8 Å². The highest BCUT2D eigenvalue weighted by atomic mass is 16.4. The Morgan fingerprint density at radius 2 is 1.25 bits per heavy atom. The molecule has 4 rings (SSSR count). The average Bonchev–Trinajstić information content (AvgIpc) is 2.52.